The number of ether oxygens (including phenoxy) is 1. The normalized spacial score (nSPS) is 29.3. The van der Waals surface area contributed by atoms with Crippen molar-refractivity contribution in [3.8, 4) is 0 Å². The van der Waals surface area contributed by atoms with Gasteiger partial charge in [0.15, 0.2) is 5.79 Å². The maximum atomic E-state index is 10.8. The minimum absolute atomic E-state index is 0.110. The Morgan fingerprint density at radius 3 is 2.57 bits per heavy atom. The molecule has 2 heteroatoms. The fraction of sp³-hybridized carbons (Fsp3) is 0.524. The number of hydrogen-bond acceptors (Lipinski definition) is 2. The van der Waals surface area contributed by atoms with Gasteiger partial charge in [-0.05, 0) is 52.6 Å². The second-order valence-corrected chi connectivity index (χ2v) is 8.37. The summed E-state index contributed by atoms with van der Waals surface area (Å²) in [6, 6.07) is 9.12. The first-order valence-electron chi connectivity index (χ1n) is 8.61. The van der Waals surface area contributed by atoms with Crippen molar-refractivity contribution in [3.05, 3.63) is 46.5 Å². The molecule has 2 nitrogen and oxygen atoms in total. The smallest absolute Gasteiger partial charge is 0.176 e. The van der Waals surface area contributed by atoms with E-state index in [1.54, 1.807) is 7.11 Å². The van der Waals surface area contributed by atoms with Crippen LogP contribution in [0.5, 0.6) is 0 Å². The molecule has 1 fully saturated rings. The molecule has 1 saturated carbocycles. The third-order valence-electron chi connectivity index (χ3n) is 5.86. The van der Waals surface area contributed by atoms with Crippen LogP contribution < -0.4 is 0 Å². The molecule has 3 unspecified atom stereocenters. The van der Waals surface area contributed by atoms with Gasteiger partial charge in [-0.3, -0.25) is 0 Å². The molecule has 1 N–H and O–H groups in total. The van der Waals surface area contributed by atoms with Gasteiger partial charge < -0.3 is 9.84 Å². The Bertz CT molecular complexity index is 800. The van der Waals surface area contributed by atoms with Crippen molar-refractivity contribution < 1.29 is 9.84 Å². The molecule has 0 bridgehead atoms. The molecule has 122 valence electrons. The van der Waals surface area contributed by atoms with Crippen molar-refractivity contribution in [1.29, 1.82) is 0 Å². The van der Waals surface area contributed by atoms with Crippen LogP contribution in [-0.4, -0.2) is 18.0 Å². The highest BCUT2D eigenvalue weighted by Gasteiger charge is 2.67. The fourth-order valence-electron chi connectivity index (χ4n) is 4.60. The van der Waals surface area contributed by atoms with E-state index in [0.29, 0.717) is 0 Å². The van der Waals surface area contributed by atoms with E-state index >= 15 is 0 Å². The summed E-state index contributed by atoms with van der Waals surface area (Å²) in [4.78, 5) is 0. The predicted octanol–water partition coefficient (Wildman–Crippen LogP) is 4.44. The minimum atomic E-state index is -0.952. The van der Waals surface area contributed by atoms with Crippen molar-refractivity contribution in [2.24, 2.45) is 5.92 Å². The van der Waals surface area contributed by atoms with Gasteiger partial charge in [0.25, 0.3) is 0 Å². The summed E-state index contributed by atoms with van der Waals surface area (Å²) in [7, 11) is 1.63. The summed E-state index contributed by atoms with van der Waals surface area (Å²) in [6.45, 7) is 9.00. The molecule has 2 aliphatic carbocycles. The third-order valence-corrected chi connectivity index (χ3v) is 5.86. The Morgan fingerprint density at radius 2 is 1.91 bits per heavy atom. The van der Waals surface area contributed by atoms with Crippen molar-refractivity contribution in [2.45, 2.75) is 57.7 Å². The largest absolute Gasteiger partial charge is 0.365 e. The molecule has 23 heavy (non-hydrogen) atoms. The van der Waals surface area contributed by atoms with Gasteiger partial charge in [-0.2, -0.15) is 0 Å². The first-order valence-corrected chi connectivity index (χ1v) is 8.61. The topological polar surface area (TPSA) is 29.5 Å². The number of benzene rings is 2. The molecule has 0 heterocycles. The second kappa shape index (κ2) is 4.58. The molecule has 0 amide bonds. The van der Waals surface area contributed by atoms with Crippen LogP contribution in [0.4, 0.5) is 0 Å². The van der Waals surface area contributed by atoms with Crippen molar-refractivity contribution in [2.75, 3.05) is 7.11 Å². The van der Waals surface area contributed by atoms with Crippen molar-refractivity contribution in [3.63, 3.8) is 0 Å². The van der Waals surface area contributed by atoms with Crippen LogP contribution in [-0.2, 0) is 16.6 Å². The molecule has 2 aromatic rings. The summed E-state index contributed by atoms with van der Waals surface area (Å²) in [5.41, 5.74) is 5.54. The molecule has 4 rings (SSSR count). The SMILES string of the molecule is COC1(O)C2CCc3cc(C(C)(C)C)c4cc(C)ccc4c3C21. The van der Waals surface area contributed by atoms with Crippen molar-refractivity contribution >= 4 is 10.8 Å². The third kappa shape index (κ3) is 2.01. The molecule has 0 aliphatic heterocycles. The van der Waals surface area contributed by atoms with Crippen LogP contribution in [0.1, 0.15) is 55.4 Å². The molecule has 3 atom stereocenters. The monoisotopic (exact) mass is 310 g/mol. The first-order chi connectivity index (χ1) is 10.8. The second-order valence-electron chi connectivity index (χ2n) is 8.37. The summed E-state index contributed by atoms with van der Waals surface area (Å²) >= 11 is 0. The van der Waals surface area contributed by atoms with Crippen LogP contribution in [0.2, 0.25) is 0 Å². The highest BCUT2D eigenvalue weighted by molar-refractivity contribution is 5.92. The number of aliphatic hydroxyl groups is 1. The van der Waals surface area contributed by atoms with E-state index in [4.69, 9.17) is 4.74 Å². The van der Waals surface area contributed by atoms with Crippen LogP contribution in [0.25, 0.3) is 10.8 Å². The van der Waals surface area contributed by atoms with Gasteiger partial charge in [-0.1, -0.05) is 50.6 Å². The average Bonchev–Trinajstić information content (AvgIpc) is 3.11. The first kappa shape index (κ1) is 15.2. The Kier molecular flexibility index (Phi) is 3.02. The van der Waals surface area contributed by atoms with Gasteiger partial charge in [-0.15, -0.1) is 0 Å². The number of methoxy groups -OCH3 is 1. The van der Waals surface area contributed by atoms with E-state index in [0.717, 1.165) is 12.8 Å². The zero-order valence-electron chi connectivity index (χ0n) is 14.7. The predicted molar refractivity (Wildman–Crippen MR) is 93.9 cm³/mol. The Morgan fingerprint density at radius 1 is 1.17 bits per heavy atom. The van der Waals surface area contributed by atoms with E-state index in [-0.39, 0.29) is 17.3 Å². The summed E-state index contributed by atoms with van der Waals surface area (Å²) < 4.78 is 5.48. The quantitative estimate of drug-likeness (QED) is 0.789. The van der Waals surface area contributed by atoms with Crippen LogP contribution >= 0.6 is 0 Å². The van der Waals surface area contributed by atoms with Gasteiger partial charge in [-0.25, -0.2) is 0 Å². The highest BCUT2D eigenvalue weighted by atomic mass is 16.6. The maximum absolute atomic E-state index is 10.8. The Labute approximate surface area is 138 Å². The molecule has 2 aromatic carbocycles. The summed E-state index contributed by atoms with van der Waals surface area (Å²) in [5.74, 6) is -0.563. The van der Waals surface area contributed by atoms with Gasteiger partial charge in [0, 0.05) is 18.9 Å². The lowest BCUT2D eigenvalue weighted by Crippen LogP contribution is -2.15. The van der Waals surface area contributed by atoms with E-state index in [9.17, 15) is 5.11 Å². The average molecular weight is 310 g/mol. The van der Waals surface area contributed by atoms with Crippen LogP contribution in [0.3, 0.4) is 0 Å². The van der Waals surface area contributed by atoms with Crippen LogP contribution in [0, 0.1) is 12.8 Å². The molecule has 0 aromatic heterocycles. The Balaban J connectivity index is 2.03. The van der Waals surface area contributed by atoms with Gasteiger partial charge in [0.05, 0.1) is 0 Å². The lowest BCUT2D eigenvalue weighted by Gasteiger charge is -2.26. The van der Waals surface area contributed by atoms with Crippen LogP contribution in [0.15, 0.2) is 24.3 Å². The van der Waals surface area contributed by atoms with E-state index in [2.05, 4.69) is 52.0 Å². The molecular formula is C21H26O2. The number of hydrogen-bond donors (Lipinski definition) is 1. The molecular weight excluding hydrogens is 284 g/mol. The fourth-order valence-corrected chi connectivity index (χ4v) is 4.60. The number of fused-ring (bicyclic) bond motifs is 5. The van der Waals surface area contributed by atoms with Gasteiger partial charge >= 0.3 is 0 Å². The van der Waals surface area contributed by atoms with E-state index in [1.807, 2.05) is 0 Å². The standard InChI is InChI=1S/C21H26O2/c1-12-6-8-14-15(10-12)17(20(2,3)4)11-13-7-9-16-19(18(13)14)21(16,22)23-5/h6,8,10-11,16,19,22H,7,9H2,1-5H3. The summed E-state index contributed by atoms with van der Waals surface area (Å²) in [5, 5.41) is 13.4. The van der Waals surface area contributed by atoms with E-state index in [1.165, 1.54) is 33.0 Å². The zero-order valence-corrected chi connectivity index (χ0v) is 14.7. The lowest BCUT2D eigenvalue weighted by molar-refractivity contribution is -0.117. The van der Waals surface area contributed by atoms with Gasteiger partial charge in [0.2, 0.25) is 0 Å². The maximum Gasteiger partial charge on any atom is 0.176 e. The molecule has 2 aliphatic rings. The number of rotatable bonds is 1. The minimum Gasteiger partial charge on any atom is -0.365 e. The van der Waals surface area contributed by atoms with Crippen molar-refractivity contribution in [1.82, 2.24) is 0 Å². The summed E-state index contributed by atoms with van der Waals surface area (Å²) in [6.07, 6.45) is 2.05. The lowest BCUT2D eigenvalue weighted by atomic mass is 9.78. The number of aryl methyl sites for hydroxylation is 2. The Hall–Kier alpha value is -1.38. The molecule has 0 spiro atoms. The zero-order chi connectivity index (χ0) is 16.6. The molecule has 0 saturated heterocycles. The van der Waals surface area contributed by atoms with E-state index < -0.39 is 5.79 Å². The molecule has 0 radical (unpaired) electrons. The van der Waals surface area contributed by atoms with Gasteiger partial charge in [0.1, 0.15) is 0 Å². The highest BCUT2D eigenvalue weighted by Crippen LogP contribution is 2.64.